The maximum Gasteiger partial charge on any atom is 0.273 e. The van der Waals surface area contributed by atoms with Crippen molar-refractivity contribution in [1.29, 1.82) is 0 Å². The largest absolute Gasteiger partial charge is 0.336 e. The van der Waals surface area contributed by atoms with Gasteiger partial charge >= 0.3 is 0 Å². The standard InChI is InChI=1S/C21H25N5OS/c1-3-24(4-2)18-10-11-25(14-18)21(27)19-15-28-20(23-19)16-12-22-26(13-16)17-8-6-5-7-9-17/h5-9,12-13,15,18H,3-4,10-11,14H2,1-2H3. The third-order valence-electron chi connectivity index (χ3n) is 5.35. The molecule has 0 saturated carbocycles. The maximum atomic E-state index is 12.9. The first kappa shape index (κ1) is 18.8. The number of aromatic nitrogens is 3. The van der Waals surface area contributed by atoms with Gasteiger partial charge in [-0.1, -0.05) is 32.0 Å². The number of hydrogen-bond donors (Lipinski definition) is 0. The monoisotopic (exact) mass is 395 g/mol. The quantitative estimate of drug-likeness (QED) is 0.640. The van der Waals surface area contributed by atoms with Crippen molar-refractivity contribution >= 4 is 17.2 Å². The molecular formula is C21H25N5OS. The van der Waals surface area contributed by atoms with Gasteiger partial charge in [-0.2, -0.15) is 5.10 Å². The van der Waals surface area contributed by atoms with Crippen molar-refractivity contribution in [3.8, 4) is 16.3 Å². The number of thiazole rings is 1. The van der Waals surface area contributed by atoms with Crippen LogP contribution < -0.4 is 0 Å². The number of hydrogen-bond acceptors (Lipinski definition) is 5. The number of likely N-dealkylation sites (N-methyl/N-ethyl adjacent to an activating group) is 1. The summed E-state index contributed by atoms with van der Waals surface area (Å²) in [5.74, 6) is 0.0348. The molecule has 0 aliphatic carbocycles. The van der Waals surface area contributed by atoms with E-state index < -0.39 is 0 Å². The van der Waals surface area contributed by atoms with Gasteiger partial charge in [0.25, 0.3) is 5.91 Å². The van der Waals surface area contributed by atoms with Gasteiger partial charge in [0.05, 0.1) is 11.9 Å². The molecule has 0 spiro atoms. The molecule has 1 aliphatic heterocycles. The zero-order valence-electron chi connectivity index (χ0n) is 16.3. The van der Waals surface area contributed by atoms with E-state index in [1.807, 2.05) is 51.5 Å². The molecule has 7 heteroatoms. The second kappa shape index (κ2) is 8.24. The Morgan fingerprint density at radius 1 is 1.25 bits per heavy atom. The predicted molar refractivity (Wildman–Crippen MR) is 112 cm³/mol. The lowest BCUT2D eigenvalue weighted by Crippen LogP contribution is -2.38. The number of para-hydroxylation sites is 1. The minimum atomic E-state index is 0.0348. The van der Waals surface area contributed by atoms with E-state index in [1.165, 1.54) is 11.3 Å². The number of amides is 1. The summed E-state index contributed by atoms with van der Waals surface area (Å²) in [5.41, 5.74) is 2.46. The van der Waals surface area contributed by atoms with Crippen LogP contribution in [0, 0.1) is 0 Å². The van der Waals surface area contributed by atoms with Crippen LogP contribution >= 0.6 is 11.3 Å². The highest BCUT2D eigenvalue weighted by atomic mass is 32.1. The average Bonchev–Trinajstić information content (AvgIpc) is 3.48. The lowest BCUT2D eigenvalue weighted by Gasteiger charge is -2.25. The molecule has 0 bridgehead atoms. The first-order valence-corrected chi connectivity index (χ1v) is 10.7. The molecule has 28 heavy (non-hydrogen) atoms. The van der Waals surface area contributed by atoms with Gasteiger partial charge in [0.1, 0.15) is 10.7 Å². The van der Waals surface area contributed by atoms with Crippen molar-refractivity contribution < 1.29 is 4.79 Å². The fourth-order valence-corrected chi connectivity index (χ4v) is 4.56. The van der Waals surface area contributed by atoms with E-state index in [0.29, 0.717) is 11.7 Å². The van der Waals surface area contributed by atoms with Gasteiger partial charge in [-0.3, -0.25) is 9.69 Å². The number of carbonyl (C=O) groups excluding carboxylic acids is 1. The van der Waals surface area contributed by atoms with Crippen molar-refractivity contribution in [1.82, 2.24) is 24.6 Å². The van der Waals surface area contributed by atoms with Gasteiger partial charge in [0, 0.05) is 36.3 Å². The smallest absolute Gasteiger partial charge is 0.273 e. The van der Waals surface area contributed by atoms with E-state index in [9.17, 15) is 4.79 Å². The highest BCUT2D eigenvalue weighted by Gasteiger charge is 2.30. The summed E-state index contributed by atoms with van der Waals surface area (Å²) in [6.07, 6.45) is 4.79. The van der Waals surface area contributed by atoms with Gasteiger partial charge in [-0.15, -0.1) is 11.3 Å². The lowest BCUT2D eigenvalue weighted by atomic mass is 10.2. The Kier molecular flexibility index (Phi) is 5.54. The average molecular weight is 396 g/mol. The molecule has 1 aromatic carbocycles. The van der Waals surface area contributed by atoms with Crippen LogP contribution in [-0.4, -0.2) is 62.7 Å². The van der Waals surface area contributed by atoms with Crippen molar-refractivity contribution in [2.24, 2.45) is 0 Å². The van der Waals surface area contributed by atoms with Crippen LogP contribution in [0.1, 0.15) is 30.8 Å². The summed E-state index contributed by atoms with van der Waals surface area (Å²) < 4.78 is 1.83. The zero-order valence-corrected chi connectivity index (χ0v) is 17.1. The Morgan fingerprint density at radius 3 is 2.79 bits per heavy atom. The zero-order chi connectivity index (χ0) is 19.5. The highest BCUT2D eigenvalue weighted by Crippen LogP contribution is 2.26. The molecule has 4 rings (SSSR count). The van der Waals surface area contributed by atoms with Crippen LogP contribution in [0.3, 0.4) is 0 Å². The van der Waals surface area contributed by atoms with Crippen molar-refractivity contribution in [3.05, 3.63) is 53.8 Å². The Labute approximate surface area is 169 Å². The van der Waals surface area contributed by atoms with E-state index in [-0.39, 0.29) is 5.91 Å². The molecule has 1 amide bonds. The molecule has 0 radical (unpaired) electrons. The summed E-state index contributed by atoms with van der Waals surface area (Å²) in [6, 6.07) is 10.4. The Balaban J connectivity index is 1.46. The molecule has 2 aromatic heterocycles. The number of rotatable bonds is 6. The lowest BCUT2D eigenvalue weighted by molar-refractivity contribution is 0.0773. The molecule has 146 valence electrons. The molecular weight excluding hydrogens is 370 g/mol. The summed E-state index contributed by atoms with van der Waals surface area (Å²) >= 11 is 1.49. The first-order valence-electron chi connectivity index (χ1n) is 9.79. The molecule has 3 aromatic rings. The molecule has 0 N–H and O–H groups in total. The van der Waals surface area contributed by atoms with Crippen LogP contribution in [0.25, 0.3) is 16.3 Å². The third-order valence-corrected chi connectivity index (χ3v) is 6.24. The van der Waals surface area contributed by atoms with Gasteiger partial charge in [0.2, 0.25) is 0 Å². The van der Waals surface area contributed by atoms with Crippen LogP contribution in [0.4, 0.5) is 0 Å². The maximum absolute atomic E-state index is 12.9. The van der Waals surface area contributed by atoms with Gasteiger partial charge in [0.15, 0.2) is 0 Å². The number of likely N-dealkylation sites (tertiary alicyclic amines) is 1. The van der Waals surface area contributed by atoms with Crippen molar-refractivity contribution in [3.63, 3.8) is 0 Å². The summed E-state index contributed by atoms with van der Waals surface area (Å²) in [7, 11) is 0. The molecule has 1 atom stereocenters. The van der Waals surface area contributed by atoms with Gasteiger partial charge < -0.3 is 4.90 Å². The van der Waals surface area contributed by atoms with E-state index in [1.54, 1.807) is 6.20 Å². The fourth-order valence-electron chi connectivity index (χ4n) is 3.79. The van der Waals surface area contributed by atoms with Gasteiger partial charge in [-0.25, -0.2) is 9.67 Å². The first-order chi connectivity index (χ1) is 13.7. The number of benzene rings is 1. The molecule has 6 nitrogen and oxygen atoms in total. The summed E-state index contributed by atoms with van der Waals surface area (Å²) in [4.78, 5) is 21.9. The van der Waals surface area contributed by atoms with Crippen LogP contribution in [-0.2, 0) is 0 Å². The van der Waals surface area contributed by atoms with E-state index in [4.69, 9.17) is 0 Å². The van der Waals surface area contributed by atoms with Crippen LogP contribution in [0.2, 0.25) is 0 Å². The van der Waals surface area contributed by atoms with E-state index in [2.05, 4.69) is 28.8 Å². The van der Waals surface area contributed by atoms with E-state index in [0.717, 1.165) is 48.9 Å². The third kappa shape index (κ3) is 3.72. The Hall–Kier alpha value is -2.51. The minimum absolute atomic E-state index is 0.0348. The highest BCUT2D eigenvalue weighted by molar-refractivity contribution is 7.13. The molecule has 1 unspecified atom stereocenters. The number of nitrogens with zero attached hydrogens (tertiary/aromatic N) is 5. The topological polar surface area (TPSA) is 54.3 Å². The minimum Gasteiger partial charge on any atom is -0.336 e. The molecule has 1 fully saturated rings. The second-order valence-corrected chi connectivity index (χ2v) is 7.82. The van der Waals surface area contributed by atoms with Crippen molar-refractivity contribution in [2.45, 2.75) is 26.3 Å². The summed E-state index contributed by atoms with van der Waals surface area (Å²) in [6.45, 7) is 8.00. The van der Waals surface area contributed by atoms with Crippen LogP contribution in [0.15, 0.2) is 48.1 Å². The Morgan fingerprint density at radius 2 is 2.04 bits per heavy atom. The molecule has 3 heterocycles. The van der Waals surface area contributed by atoms with Crippen molar-refractivity contribution in [2.75, 3.05) is 26.2 Å². The SMILES string of the molecule is CCN(CC)C1CCN(C(=O)c2csc(-c3cnn(-c4ccccc4)c3)n2)C1. The normalized spacial score (nSPS) is 16.8. The van der Waals surface area contributed by atoms with Crippen LogP contribution in [0.5, 0.6) is 0 Å². The second-order valence-electron chi connectivity index (χ2n) is 6.96. The van der Waals surface area contributed by atoms with Gasteiger partial charge in [-0.05, 0) is 31.6 Å². The van der Waals surface area contributed by atoms with E-state index >= 15 is 0 Å². The molecule has 1 saturated heterocycles. The fraction of sp³-hybridized carbons (Fsp3) is 0.381. The molecule has 1 aliphatic rings. The number of carbonyl (C=O) groups is 1. The predicted octanol–water partition coefficient (Wildman–Crippen LogP) is 3.55. The Bertz CT molecular complexity index is 931. The summed E-state index contributed by atoms with van der Waals surface area (Å²) in [5, 5.41) is 7.11.